The van der Waals surface area contributed by atoms with Crippen molar-refractivity contribution in [1.82, 2.24) is 15.0 Å². The lowest BCUT2D eigenvalue weighted by atomic mass is 10.0. The van der Waals surface area contributed by atoms with Crippen LogP contribution in [0.1, 0.15) is 5.56 Å². The Hall–Kier alpha value is -3.84. The predicted molar refractivity (Wildman–Crippen MR) is 104 cm³/mol. The van der Waals surface area contributed by atoms with Gasteiger partial charge in [-0.3, -0.25) is 0 Å². The van der Waals surface area contributed by atoms with E-state index >= 15 is 0 Å². The van der Waals surface area contributed by atoms with E-state index in [9.17, 15) is 31.1 Å². The molecule has 0 spiro atoms. The second-order valence-corrected chi connectivity index (χ2v) is 6.41. The van der Waals surface area contributed by atoms with E-state index in [0.717, 1.165) is 12.1 Å². The van der Waals surface area contributed by atoms with Crippen LogP contribution in [0.15, 0.2) is 30.3 Å². The molecule has 0 amide bonds. The third-order valence-electron chi connectivity index (χ3n) is 4.21. The molecule has 14 heteroatoms. The Labute approximate surface area is 181 Å². The number of benzene rings is 1. The first-order valence-corrected chi connectivity index (χ1v) is 9.11. The predicted octanol–water partition coefficient (Wildman–Crippen LogP) is 3.82. The number of anilines is 2. The Bertz CT molecular complexity index is 1180. The van der Waals surface area contributed by atoms with Gasteiger partial charge in [0.05, 0.1) is 22.2 Å². The van der Waals surface area contributed by atoms with Gasteiger partial charge in [-0.1, -0.05) is 6.07 Å². The number of ether oxygens (including phenoxy) is 2. The maximum atomic E-state index is 13.7. The number of aromatic nitrogens is 3. The van der Waals surface area contributed by atoms with E-state index < -0.39 is 42.7 Å². The van der Waals surface area contributed by atoms with Crippen molar-refractivity contribution in [3.05, 3.63) is 35.9 Å². The minimum absolute atomic E-state index is 0.00591. The molecule has 0 aliphatic carbocycles. The van der Waals surface area contributed by atoms with Gasteiger partial charge in [0.1, 0.15) is 24.8 Å². The lowest BCUT2D eigenvalue weighted by Gasteiger charge is -2.17. The first-order chi connectivity index (χ1) is 15.4. The van der Waals surface area contributed by atoms with Crippen LogP contribution >= 0.6 is 0 Å². The fourth-order valence-corrected chi connectivity index (χ4v) is 2.88. The van der Waals surface area contributed by atoms with E-state index in [0.29, 0.717) is 11.2 Å². The molecule has 0 radical (unpaired) electrons. The number of esters is 1. The van der Waals surface area contributed by atoms with Crippen LogP contribution in [-0.4, -0.2) is 47.4 Å². The molecule has 0 bridgehead atoms. The number of halogens is 6. The topological polar surface area (TPSA) is 112 Å². The molecule has 0 saturated carbocycles. The quantitative estimate of drug-likeness (QED) is 0.315. The number of rotatable bonds is 6. The number of nitrogens with two attached hydrogens (primary N) is 1. The van der Waals surface area contributed by atoms with Crippen molar-refractivity contribution in [1.29, 1.82) is 0 Å². The summed E-state index contributed by atoms with van der Waals surface area (Å²) in [4.78, 5) is 22.8. The molecule has 0 fully saturated rings. The van der Waals surface area contributed by atoms with Gasteiger partial charge >= 0.3 is 18.3 Å². The van der Waals surface area contributed by atoms with E-state index in [1.54, 1.807) is 7.05 Å². The molecular weight excluding hydrogens is 460 g/mol. The van der Waals surface area contributed by atoms with Gasteiger partial charge in [0.25, 0.3) is 0 Å². The third-order valence-corrected chi connectivity index (χ3v) is 4.21. The first-order valence-electron chi connectivity index (χ1n) is 9.11. The zero-order valence-electron chi connectivity index (χ0n) is 16.7. The lowest BCUT2D eigenvalue weighted by Crippen LogP contribution is -2.27. The number of carbonyl (C=O) groups is 1. The van der Waals surface area contributed by atoms with Crippen LogP contribution in [0, 0.1) is 0 Å². The summed E-state index contributed by atoms with van der Waals surface area (Å²) in [6.45, 7) is -1.48. The van der Waals surface area contributed by atoms with Gasteiger partial charge in [0, 0.05) is 7.05 Å². The summed E-state index contributed by atoms with van der Waals surface area (Å²) in [5.41, 5.74) is 3.87. The second-order valence-electron chi connectivity index (χ2n) is 6.41. The van der Waals surface area contributed by atoms with Crippen molar-refractivity contribution in [2.75, 3.05) is 31.3 Å². The highest BCUT2D eigenvalue weighted by molar-refractivity contribution is 5.89. The van der Waals surface area contributed by atoms with Gasteiger partial charge in [0.2, 0.25) is 5.95 Å². The number of pyridine rings is 1. The van der Waals surface area contributed by atoms with Gasteiger partial charge < -0.3 is 20.5 Å². The summed E-state index contributed by atoms with van der Waals surface area (Å²) in [6, 6.07) is 5.75. The average Bonchev–Trinajstić information content (AvgIpc) is 2.73. The molecule has 0 unspecified atom stereocenters. The van der Waals surface area contributed by atoms with Crippen molar-refractivity contribution in [3.8, 4) is 17.0 Å². The van der Waals surface area contributed by atoms with E-state index in [1.165, 1.54) is 18.2 Å². The smallest absolute Gasteiger partial charge is 0.489 e. The minimum atomic E-state index is -5.20. The summed E-state index contributed by atoms with van der Waals surface area (Å²) < 4.78 is 86.9. The number of fused-ring (bicyclic) bond motifs is 1. The molecule has 3 N–H and O–H groups in total. The van der Waals surface area contributed by atoms with Gasteiger partial charge in [-0.25, -0.2) is 9.78 Å². The Morgan fingerprint density at radius 1 is 1.03 bits per heavy atom. The van der Waals surface area contributed by atoms with Crippen LogP contribution in [0.2, 0.25) is 0 Å². The number of nitrogen functional groups attached to an aromatic ring is 1. The van der Waals surface area contributed by atoms with Gasteiger partial charge in [0.15, 0.2) is 5.65 Å². The molecular formula is C19H15F6N5O3. The van der Waals surface area contributed by atoms with Gasteiger partial charge in [-0.15, -0.1) is 0 Å². The van der Waals surface area contributed by atoms with E-state index in [-0.39, 0.29) is 23.0 Å². The first kappa shape index (κ1) is 23.8. The van der Waals surface area contributed by atoms with Crippen molar-refractivity contribution in [2.24, 2.45) is 0 Å². The summed E-state index contributed by atoms with van der Waals surface area (Å²) in [7, 11) is 1.56. The van der Waals surface area contributed by atoms with Crippen LogP contribution < -0.4 is 15.8 Å². The maximum absolute atomic E-state index is 13.7. The highest BCUT2D eigenvalue weighted by Crippen LogP contribution is 2.42. The minimum Gasteiger partial charge on any atom is -0.489 e. The largest absolute Gasteiger partial charge is 0.490 e. The molecule has 33 heavy (non-hydrogen) atoms. The molecule has 2 aromatic heterocycles. The monoisotopic (exact) mass is 475 g/mol. The normalized spacial score (nSPS) is 12.0. The van der Waals surface area contributed by atoms with E-state index in [4.69, 9.17) is 10.5 Å². The standard InChI is InChI=1S/C19H15F6N5O3/c1-27-14-9-5-6-11(28-15(9)30-17(26)29-14)13-10(18(20,21)22)3-2-4-12(13)32-7-8-33-16(31)19(23,24)25/h2-6H,7-8H2,1H3,(H3,26,27,28,29,30). The molecule has 3 rings (SSSR count). The van der Waals surface area contributed by atoms with Crippen LogP contribution in [0.25, 0.3) is 22.3 Å². The fraction of sp³-hybridized carbons (Fsp3) is 0.263. The number of hydrogen-bond acceptors (Lipinski definition) is 8. The maximum Gasteiger partial charge on any atom is 0.490 e. The molecule has 2 heterocycles. The molecule has 1 aromatic carbocycles. The zero-order valence-corrected chi connectivity index (χ0v) is 16.7. The molecule has 0 aliphatic rings. The van der Waals surface area contributed by atoms with E-state index in [2.05, 4.69) is 25.0 Å². The molecule has 0 atom stereocenters. The van der Waals surface area contributed by atoms with Crippen LogP contribution in [0.5, 0.6) is 5.75 Å². The summed E-state index contributed by atoms with van der Waals surface area (Å²) in [5, 5.41) is 3.16. The van der Waals surface area contributed by atoms with Gasteiger partial charge in [-0.2, -0.15) is 36.3 Å². The van der Waals surface area contributed by atoms with Crippen molar-refractivity contribution in [3.63, 3.8) is 0 Å². The Balaban J connectivity index is 2.00. The summed E-state index contributed by atoms with van der Waals surface area (Å²) in [5.74, 6) is -2.63. The Morgan fingerprint density at radius 3 is 2.39 bits per heavy atom. The number of alkyl halides is 6. The molecule has 0 aliphatic heterocycles. The average molecular weight is 475 g/mol. The van der Waals surface area contributed by atoms with Crippen molar-refractivity contribution < 1.29 is 40.6 Å². The van der Waals surface area contributed by atoms with Crippen molar-refractivity contribution >= 4 is 28.8 Å². The fourth-order valence-electron chi connectivity index (χ4n) is 2.88. The molecule has 0 saturated heterocycles. The zero-order chi connectivity index (χ0) is 24.4. The van der Waals surface area contributed by atoms with Gasteiger partial charge in [-0.05, 0) is 24.3 Å². The van der Waals surface area contributed by atoms with Crippen molar-refractivity contribution in [2.45, 2.75) is 12.4 Å². The SMILES string of the molecule is CNc1nc(N)nc2nc(-c3c(OCCOC(=O)C(F)(F)F)cccc3C(F)(F)F)ccc12. The Morgan fingerprint density at radius 2 is 1.76 bits per heavy atom. The number of hydrogen-bond donors (Lipinski definition) is 2. The molecule has 8 nitrogen and oxygen atoms in total. The lowest BCUT2D eigenvalue weighted by molar-refractivity contribution is -0.200. The number of nitrogens with zero attached hydrogens (tertiary/aromatic N) is 3. The summed E-state index contributed by atoms with van der Waals surface area (Å²) in [6.07, 6.45) is -10.0. The number of nitrogens with one attached hydrogen (secondary N) is 1. The third kappa shape index (κ3) is 5.32. The van der Waals surface area contributed by atoms with Crippen LogP contribution in [0.4, 0.5) is 38.1 Å². The Kier molecular flexibility index (Phi) is 6.46. The number of carbonyl (C=O) groups excluding carboxylic acids is 1. The molecule has 3 aromatic rings. The highest BCUT2D eigenvalue weighted by atomic mass is 19.4. The summed E-state index contributed by atoms with van der Waals surface area (Å²) >= 11 is 0. The van der Waals surface area contributed by atoms with E-state index in [1.807, 2.05) is 0 Å². The molecule has 176 valence electrons. The van der Waals surface area contributed by atoms with Crippen LogP contribution in [0.3, 0.4) is 0 Å². The highest BCUT2D eigenvalue weighted by Gasteiger charge is 2.41. The second kappa shape index (κ2) is 8.96. The van der Waals surface area contributed by atoms with Crippen LogP contribution in [-0.2, 0) is 15.7 Å².